The number of carbonyl (C=O) groups excluding carboxylic acids is 2. The van der Waals surface area contributed by atoms with E-state index in [0.717, 1.165) is 46.4 Å². The number of nitrogens with zero attached hydrogens (tertiary/aromatic N) is 4. The second-order valence-corrected chi connectivity index (χ2v) is 7.14. The molecule has 0 radical (unpaired) electrons. The van der Waals surface area contributed by atoms with E-state index in [1.165, 1.54) is 6.08 Å². The molecule has 164 valence electrons. The Labute approximate surface area is 183 Å². The average Bonchev–Trinajstić information content (AvgIpc) is 3.57. The first-order valence-corrected chi connectivity index (χ1v) is 10.1. The van der Waals surface area contributed by atoms with Crippen LogP contribution in [0.5, 0.6) is 0 Å². The Morgan fingerprint density at radius 2 is 2.22 bits per heavy atom. The van der Waals surface area contributed by atoms with E-state index >= 15 is 0 Å². The summed E-state index contributed by atoms with van der Waals surface area (Å²) in [6.45, 7) is 5.18. The van der Waals surface area contributed by atoms with Gasteiger partial charge in [0.25, 0.3) is 0 Å². The third-order valence-corrected chi connectivity index (χ3v) is 5.02. The lowest BCUT2D eigenvalue weighted by atomic mass is 10.1. The summed E-state index contributed by atoms with van der Waals surface area (Å²) < 4.78 is 6.65. The number of aromatic nitrogens is 5. The first kappa shape index (κ1) is 21.2. The smallest absolute Gasteiger partial charge is 0.243 e. The summed E-state index contributed by atoms with van der Waals surface area (Å²) in [5, 5.41) is 14.8. The molecule has 1 saturated heterocycles. The molecule has 1 unspecified atom stereocenters. The van der Waals surface area contributed by atoms with Crippen LogP contribution in [0.4, 0.5) is 0 Å². The van der Waals surface area contributed by atoms with Gasteiger partial charge in [-0.2, -0.15) is 14.8 Å². The Morgan fingerprint density at radius 1 is 1.31 bits per heavy atom. The predicted octanol–water partition coefficient (Wildman–Crippen LogP) is 1.60. The Bertz CT molecular complexity index is 1240. The zero-order chi connectivity index (χ0) is 22.3. The molecular formula is C22H23N7O3. The third-order valence-electron chi connectivity index (χ3n) is 5.02. The van der Waals surface area contributed by atoms with E-state index in [0.29, 0.717) is 19.6 Å². The molecule has 10 nitrogen and oxygen atoms in total. The van der Waals surface area contributed by atoms with E-state index in [4.69, 9.17) is 4.74 Å². The second kappa shape index (κ2) is 9.84. The minimum atomic E-state index is -0.115. The summed E-state index contributed by atoms with van der Waals surface area (Å²) in [5.74, 6) is -0.115. The van der Waals surface area contributed by atoms with Crippen LogP contribution in [0.15, 0.2) is 55.5 Å². The molecule has 1 atom stereocenters. The zero-order valence-electron chi connectivity index (χ0n) is 17.3. The van der Waals surface area contributed by atoms with Crippen LogP contribution in [0.3, 0.4) is 0 Å². The molecule has 3 N–H and O–H groups in total. The molecular weight excluding hydrogens is 410 g/mol. The van der Waals surface area contributed by atoms with Crippen LogP contribution in [0.1, 0.15) is 12.1 Å². The standard InChI is InChI=1S/C15H12N6O.C7H11NO2/c22-9-16-7-10-6-12-11(3-5-17-15(12)20-10)13-8-19-21-14(13)2-1-4-18-21;1-2-7(9)8-6-3-4-10-5-6/h1-6,8-9H,7H2,(H,16,22)(H,17,20);2,6H,1,3-5H2,(H,8,9). The highest BCUT2D eigenvalue weighted by atomic mass is 16.5. The van der Waals surface area contributed by atoms with Crippen molar-refractivity contribution in [2.24, 2.45) is 0 Å². The first-order chi connectivity index (χ1) is 15.7. The van der Waals surface area contributed by atoms with Gasteiger partial charge in [-0.05, 0) is 42.3 Å². The minimum absolute atomic E-state index is 0.115. The molecule has 0 bridgehead atoms. The molecule has 5 heterocycles. The van der Waals surface area contributed by atoms with Crippen LogP contribution < -0.4 is 10.6 Å². The molecule has 4 aromatic rings. The summed E-state index contributed by atoms with van der Waals surface area (Å²) in [7, 11) is 0. The van der Waals surface area contributed by atoms with E-state index in [2.05, 4.69) is 37.4 Å². The van der Waals surface area contributed by atoms with Gasteiger partial charge in [-0.15, -0.1) is 0 Å². The normalized spacial score (nSPS) is 15.2. The summed E-state index contributed by atoms with van der Waals surface area (Å²) >= 11 is 0. The molecule has 5 rings (SSSR count). The van der Waals surface area contributed by atoms with Gasteiger partial charge in [0.2, 0.25) is 12.3 Å². The highest BCUT2D eigenvalue weighted by molar-refractivity contribution is 5.97. The average molecular weight is 433 g/mol. The summed E-state index contributed by atoms with van der Waals surface area (Å²) in [6, 6.07) is 8.01. The number of aromatic amines is 1. The lowest BCUT2D eigenvalue weighted by Gasteiger charge is -2.06. The van der Waals surface area contributed by atoms with Crippen molar-refractivity contribution in [1.82, 2.24) is 35.4 Å². The quantitative estimate of drug-likeness (QED) is 0.313. The Balaban J connectivity index is 0.000000207. The van der Waals surface area contributed by atoms with E-state index in [-0.39, 0.29) is 11.9 Å². The third kappa shape index (κ3) is 4.65. The molecule has 32 heavy (non-hydrogen) atoms. The van der Waals surface area contributed by atoms with Gasteiger partial charge in [-0.25, -0.2) is 4.98 Å². The van der Waals surface area contributed by atoms with Gasteiger partial charge < -0.3 is 20.4 Å². The Hall–Kier alpha value is -4.05. The van der Waals surface area contributed by atoms with Crippen LogP contribution >= 0.6 is 0 Å². The van der Waals surface area contributed by atoms with Crippen molar-refractivity contribution >= 4 is 28.9 Å². The van der Waals surface area contributed by atoms with Gasteiger partial charge in [0, 0.05) is 35.6 Å². The monoisotopic (exact) mass is 433 g/mol. The fraction of sp³-hybridized carbons (Fsp3) is 0.227. The molecule has 1 aliphatic rings. The number of ether oxygens (including phenoxy) is 1. The lowest BCUT2D eigenvalue weighted by molar-refractivity contribution is -0.117. The maximum atomic E-state index is 10.7. The molecule has 2 amide bonds. The number of hydrogen-bond donors (Lipinski definition) is 3. The fourth-order valence-corrected chi connectivity index (χ4v) is 3.51. The van der Waals surface area contributed by atoms with Crippen LogP contribution in [0.25, 0.3) is 27.7 Å². The van der Waals surface area contributed by atoms with Gasteiger partial charge in [0.1, 0.15) is 5.65 Å². The van der Waals surface area contributed by atoms with Crippen molar-refractivity contribution in [1.29, 1.82) is 0 Å². The second-order valence-electron chi connectivity index (χ2n) is 7.14. The fourth-order valence-electron chi connectivity index (χ4n) is 3.51. The van der Waals surface area contributed by atoms with Crippen LogP contribution in [0, 0.1) is 0 Å². The van der Waals surface area contributed by atoms with Crippen molar-refractivity contribution in [3.8, 4) is 11.1 Å². The Morgan fingerprint density at radius 3 is 3.00 bits per heavy atom. The van der Waals surface area contributed by atoms with Crippen LogP contribution in [-0.4, -0.2) is 56.4 Å². The first-order valence-electron chi connectivity index (χ1n) is 10.1. The van der Waals surface area contributed by atoms with Crippen LogP contribution in [-0.2, 0) is 20.9 Å². The highest BCUT2D eigenvalue weighted by Crippen LogP contribution is 2.30. The largest absolute Gasteiger partial charge is 0.379 e. The zero-order valence-corrected chi connectivity index (χ0v) is 17.3. The molecule has 0 aromatic carbocycles. The number of pyridine rings is 1. The van der Waals surface area contributed by atoms with E-state index in [9.17, 15) is 9.59 Å². The van der Waals surface area contributed by atoms with Gasteiger partial charge >= 0.3 is 0 Å². The van der Waals surface area contributed by atoms with Crippen molar-refractivity contribution in [2.45, 2.75) is 19.0 Å². The SMILES string of the molecule is C=CC(=O)NC1CCOC1.O=CNCc1cc2c(-c3cnn4ncccc34)ccnc2[nH]1. The predicted molar refractivity (Wildman–Crippen MR) is 119 cm³/mol. The van der Waals surface area contributed by atoms with Crippen molar-refractivity contribution < 1.29 is 14.3 Å². The molecule has 1 aliphatic heterocycles. The number of H-pyrrole nitrogens is 1. The van der Waals surface area contributed by atoms with Crippen LogP contribution in [0.2, 0.25) is 0 Å². The maximum Gasteiger partial charge on any atom is 0.243 e. The summed E-state index contributed by atoms with van der Waals surface area (Å²) in [6.07, 6.45) is 8.12. The van der Waals surface area contributed by atoms with E-state index in [1.54, 1.807) is 23.2 Å². The summed E-state index contributed by atoms with van der Waals surface area (Å²) in [4.78, 5) is 28.7. The molecule has 10 heteroatoms. The highest BCUT2D eigenvalue weighted by Gasteiger charge is 2.16. The number of hydrogen-bond acceptors (Lipinski definition) is 6. The molecule has 0 saturated carbocycles. The van der Waals surface area contributed by atoms with Gasteiger partial charge in [-0.1, -0.05) is 6.58 Å². The maximum absolute atomic E-state index is 10.7. The summed E-state index contributed by atoms with van der Waals surface area (Å²) in [5.41, 5.74) is 4.64. The molecule has 0 aliphatic carbocycles. The lowest BCUT2D eigenvalue weighted by Crippen LogP contribution is -2.33. The number of rotatable bonds is 6. The van der Waals surface area contributed by atoms with Gasteiger partial charge in [-0.3, -0.25) is 9.59 Å². The number of fused-ring (bicyclic) bond motifs is 2. The van der Waals surface area contributed by atoms with Crippen molar-refractivity contribution in [3.05, 3.63) is 61.2 Å². The number of amides is 2. The molecule has 1 fully saturated rings. The van der Waals surface area contributed by atoms with E-state index < -0.39 is 0 Å². The van der Waals surface area contributed by atoms with Crippen molar-refractivity contribution in [3.63, 3.8) is 0 Å². The van der Waals surface area contributed by atoms with Gasteiger partial charge in [0.15, 0.2) is 0 Å². The molecule has 0 spiro atoms. The topological polar surface area (TPSA) is 126 Å². The van der Waals surface area contributed by atoms with Crippen molar-refractivity contribution in [2.75, 3.05) is 13.2 Å². The van der Waals surface area contributed by atoms with Gasteiger partial charge in [0.05, 0.1) is 30.9 Å². The number of nitrogens with one attached hydrogen (secondary N) is 3. The Kier molecular flexibility index (Phi) is 6.52. The number of carbonyl (C=O) groups is 2. The van der Waals surface area contributed by atoms with E-state index in [1.807, 2.05) is 24.3 Å². The minimum Gasteiger partial charge on any atom is -0.379 e. The molecule has 4 aromatic heterocycles.